The molecular weight excluding hydrogens is 240 g/mol. The van der Waals surface area contributed by atoms with Crippen molar-refractivity contribution in [1.29, 1.82) is 0 Å². The Bertz CT molecular complexity index is 315. The number of amides is 1. The van der Waals surface area contributed by atoms with Gasteiger partial charge in [0.1, 0.15) is 0 Å². The van der Waals surface area contributed by atoms with E-state index >= 15 is 0 Å². The molecule has 0 aliphatic heterocycles. The molecule has 1 atom stereocenters. The Morgan fingerprint density at radius 3 is 2.53 bits per heavy atom. The lowest BCUT2D eigenvalue weighted by atomic mass is 10.0. The van der Waals surface area contributed by atoms with E-state index in [9.17, 15) is 13.2 Å². The lowest BCUT2D eigenvalue weighted by molar-refractivity contribution is -0.121. The molecule has 0 aliphatic carbocycles. The first-order valence-corrected chi connectivity index (χ1v) is 7.90. The molecule has 0 rings (SSSR count). The topological polar surface area (TPSA) is 89.3 Å². The second kappa shape index (κ2) is 8.47. The Balaban J connectivity index is 3.67. The largest absolute Gasteiger partial charge is 0.355 e. The van der Waals surface area contributed by atoms with Crippen molar-refractivity contribution >= 4 is 15.7 Å². The van der Waals surface area contributed by atoms with Crippen molar-refractivity contribution in [2.24, 2.45) is 11.7 Å². The van der Waals surface area contributed by atoms with Gasteiger partial charge in [-0.3, -0.25) is 4.79 Å². The summed E-state index contributed by atoms with van der Waals surface area (Å²) in [5.74, 6) is 0.495. The van der Waals surface area contributed by atoms with Crippen LogP contribution in [-0.2, 0) is 14.6 Å². The molecule has 0 saturated carbocycles. The molecule has 0 fully saturated rings. The van der Waals surface area contributed by atoms with Crippen LogP contribution in [0.1, 0.15) is 33.1 Å². The van der Waals surface area contributed by atoms with Crippen molar-refractivity contribution in [3.8, 4) is 0 Å². The molecule has 17 heavy (non-hydrogen) atoms. The van der Waals surface area contributed by atoms with Gasteiger partial charge in [0.2, 0.25) is 5.91 Å². The molecule has 102 valence electrons. The standard InChI is InChI=1S/C11H24N2O3S/c1-3-17(15,16)9-8-13-11(14)5-4-10(2)6-7-12/h10H,3-9,12H2,1-2H3,(H,13,14). The summed E-state index contributed by atoms with van der Waals surface area (Å²) >= 11 is 0. The molecular formula is C11H24N2O3S. The van der Waals surface area contributed by atoms with Crippen molar-refractivity contribution < 1.29 is 13.2 Å². The molecule has 0 aliphatic rings. The normalized spacial score (nSPS) is 13.4. The Morgan fingerprint density at radius 1 is 1.35 bits per heavy atom. The number of hydrogen-bond donors (Lipinski definition) is 2. The van der Waals surface area contributed by atoms with Crippen LogP contribution in [0, 0.1) is 5.92 Å². The molecule has 5 nitrogen and oxygen atoms in total. The maximum atomic E-state index is 11.4. The van der Waals surface area contributed by atoms with Gasteiger partial charge in [0, 0.05) is 18.7 Å². The molecule has 6 heteroatoms. The predicted octanol–water partition coefficient (Wildman–Crippen LogP) is 0.302. The minimum Gasteiger partial charge on any atom is -0.355 e. The molecule has 0 bridgehead atoms. The molecule has 0 heterocycles. The zero-order valence-electron chi connectivity index (χ0n) is 10.7. The Labute approximate surface area is 104 Å². The highest BCUT2D eigenvalue weighted by molar-refractivity contribution is 7.91. The van der Waals surface area contributed by atoms with Gasteiger partial charge >= 0.3 is 0 Å². The zero-order valence-corrected chi connectivity index (χ0v) is 11.6. The second-order valence-electron chi connectivity index (χ2n) is 4.31. The Hall–Kier alpha value is -0.620. The smallest absolute Gasteiger partial charge is 0.220 e. The van der Waals surface area contributed by atoms with Crippen LogP contribution < -0.4 is 11.1 Å². The van der Waals surface area contributed by atoms with E-state index in [1.54, 1.807) is 6.92 Å². The van der Waals surface area contributed by atoms with Gasteiger partial charge in [-0.1, -0.05) is 13.8 Å². The summed E-state index contributed by atoms with van der Waals surface area (Å²) in [5.41, 5.74) is 5.41. The van der Waals surface area contributed by atoms with Gasteiger partial charge in [-0.25, -0.2) is 8.42 Å². The number of hydrogen-bond acceptors (Lipinski definition) is 4. The number of nitrogens with two attached hydrogens (primary N) is 1. The van der Waals surface area contributed by atoms with Crippen LogP contribution in [0.3, 0.4) is 0 Å². The predicted molar refractivity (Wildman–Crippen MR) is 69.4 cm³/mol. The third-order valence-corrected chi connectivity index (χ3v) is 4.40. The van der Waals surface area contributed by atoms with E-state index in [0.717, 1.165) is 12.8 Å². The van der Waals surface area contributed by atoms with Crippen molar-refractivity contribution in [1.82, 2.24) is 5.32 Å². The van der Waals surface area contributed by atoms with Gasteiger partial charge in [0.25, 0.3) is 0 Å². The SMILES string of the molecule is CCS(=O)(=O)CCNC(=O)CCC(C)CCN. The summed E-state index contributed by atoms with van der Waals surface area (Å²) in [4.78, 5) is 11.4. The van der Waals surface area contributed by atoms with Crippen LogP contribution in [0.5, 0.6) is 0 Å². The van der Waals surface area contributed by atoms with E-state index in [-0.39, 0.29) is 24.0 Å². The van der Waals surface area contributed by atoms with Gasteiger partial charge in [-0.05, 0) is 25.3 Å². The van der Waals surface area contributed by atoms with Gasteiger partial charge in [-0.15, -0.1) is 0 Å². The fourth-order valence-corrected chi connectivity index (χ4v) is 2.09. The number of nitrogens with one attached hydrogen (secondary N) is 1. The average molecular weight is 264 g/mol. The third-order valence-electron chi connectivity index (χ3n) is 2.70. The summed E-state index contributed by atoms with van der Waals surface area (Å²) in [6.07, 6.45) is 2.15. The first-order valence-electron chi connectivity index (χ1n) is 6.08. The first kappa shape index (κ1) is 16.4. The Morgan fingerprint density at radius 2 is 2.00 bits per heavy atom. The van der Waals surface area contributed by atoms with Crippen LogP contribution in [0.25, 0.3) is 0 Å². The van der Waals surface area contributed by atoms with Crippen molar-refractivity contribution in [2.75, 3.05) is 24.6 Å². The van der Waals surface area contributed by atoms with Gasteiger partial charge in [-0.2, -0.15) is 0 Å². The summed E-state index contributed by atoms with van der Waals surface area (Å²) in [6, 6.07) is 0. The zero-order chi connectivity index (χ0) is 13.3. The quantitative estimate of drug-likeness (QED) is 0.627. The highest BCUT2D eigenvalue weighted by Gasteiger charge is 2.09. The number of sulfone groups is 1. The Kier molecular flexibility index (Phi) is 8.16. The van der Waals surface area contributed by atoms with E-state index in [1.165, 1.54) is 0 Å². The maximum Gasteiger partial charge on any atom is 0.220 e. The number of rotatable bonds is 9. The monoisotopic (exact) mass is 264 g/mol. The molecule has 1 amide bonds. The van der Waals surface area contributed by atoms with Crippen LogP contribution >= 0.6 is 0 Å². The summed E-state index contributed by atoms with van der Waals surface area (Å²) in [5, 5.41) is 2.62. The lowest BCUT2D eigenvalue weighted by Crippen LogP contribution is -2.29. The molecule has 0 spiro atoms. The van der Waals surface area contributed by atoms with Crippen LogP contribution in [0.2, 0.25) is 0 Å². The molecule has 0 aromatic carbocycles. The van der Waals surface area contributed by atoms with E-state index in [1.807, 2.05) is 0 Å². The molecule has 0 saturated heterocycles. The second-order valence-corrected chi connectivity index (χ2v) is 6.78. The van der Waals surface area contributed by atoms with E-state index < -0.39 is 9.84 Å². The summed E-state index contributed by atoms with van der Waals surface area (Å²) in [6.45, 7) is 4.51. The van der Waals surface area contributed by atoms with Crippen LogP contribution in [-0.4, -0.2) is 38.9 Å². The summed E-state index contributed by atoms with van der Waals surface area (Å²) < 4.78 is 22.3. The fourth-order valence-electron chi connectivity index (χ4n) is 1.39. The minimum atomic E-state index is -2.99. The third kappa shape index (κ3) is 9.12. The first-order chi connectivity index (χ1) is 7.91. The fraction of sp³-hybridized carbons (Fsp3) is 0.909. The lowest BCUT2D eigenvalue weighted by Gasteiger charge is -2.09. The number of carbonyl (C=O) groups excluding carboxylic acids is 1. The number of carbonyl (C=O) groups is 1. The van der Waals surface area contributed by atoms with Crippen LogP contribution in [0.4, 0.5) is 0 Å². The average Bonchev–Trinajstić information content (AvgIpc) is 2.26. The molecule has 0 radical (unpaired) electrons. The maximum absolute atomic E-state index is 11.4. The molecule has 3 N–H and O–H groups in total. The van der Waals surface area contributed by atoms with Gasteiger partial charge < -0.3 is 11.1 Å². The minimum absolute atomic E-state index is 0.0214. The van der Waals surface area contributed by atoms with Crippen molar-refractivity contribution in [3.63, 3.8) is 0 Å². The van der Waals surface area contributed by atoms with E-state index in [4.69, 9.17) is 5.73 Å². The molecule has 1 unspecified atom stereocenters. The van der Waals surface area contributed by atoms with E-state index in [2.05, 4.69) is 12.2 Å². The highest BCUT2D eigenvalue weighted by Crippen LogP contribution is 2.08. The summed E-state index contributed by atoms with van der Waals surface area (Å²) in [7, 11) is -2.99. The molecule has 0 aromatic heterocycles. The molecule has 0 aromatic rings. The van der Waals surface area contributed by atoms with Gasteiger partial charge in [0.15, 0.2) is 9.84 Å². The van der Waals surface area contributed by atoms with E-state index in [0.29, 0.717) is 18.9 Å². The van der Waals surface area contributed by atoms with Crippen molar-refractivity contribution in [2.45, 2.75) is 33.1 Å². The van der Waals surface area contributed by atoms with Crippen molar-refractivity contribution in [3.05, 3.63) is 0 Å². The van der Waals surface area contributed by atoms with Gasteiger partial charge in [0.05, 0.1) is 5.75 Å². The highest BCUT2D eigenvalue weighted by atomic mass is 32.2. The van der Waals surface area contributed by atoms with Crippen LogP contribution in [0.15, 0.2) is 0 Å².